The minimum absolute atomic E-state index is 0.0248. The second kappa shape index (κ2) is 8.26. The average molecular weight is 295 g/mol. The maximum Gasteiger partial charge on any atom is 0.333 e. The van der Waals surface area contributed by atoms with Crippen LogP contribution in [-0.2, 0) is 20.7 Å². The van der Waals surface area contributed by atoms with Crippen molar-refractivity contribution in [1.29, 1.82) is 0 Å². The Hall–Kier alpha value is -2.08. The third-order valence-corrected chi connectivity index (χ3v) is 2.85. The number of carboxylic acids is 1. The van der Waals surface area contributed by atoms with E-state index in [0.717, 1.165) is 5.56 Å². The molecule has 1 rings (SSSR count). The molecule has 0 bridgehead atoms. The third kappa shape index (κ3) is 5.83. The van der Waals surface area contributed by atoms with Crippen molar-refractivity contribution in [2.45, 2.75) is 19.4 Å². The lowest BCUT2D eigenvalue weighted by atomic mass is 10.1. The van der Waals surface area contributed by atoms with Crippen molar-refractivity contribution in [2.24, 2.45) is 0 Å². The molecule has 0 saturated carbocycles. The first-order chi connectivity index (χ1) is 9.93. The normalized spacial score (nSPS) is 11.8. The number of amides is 1. The molecule has 0 fully saturated rings. The number of likely N-dealkylation sites (N-methyl/N-ethyl adjacent to an activating group) is 1. The minimum Gasteiger partial charge on any atom is -0.484 e. The molecule has 1 N–H and O–H groups in total. The quantitative estimate of drug-likeness (QED) is 0.779. The maximum absolute atomic E-state index is 11.4. The zero-order chi connectivity index (χ0) is 15.8. The topological polar surface area (TPSA) is 76.1 Å². The predicted molar refractivity (Wildman–Crippen MR) is 77.4 cm³/mol. The van der Waals surface area contributed by atoms with Gasteiger partial charge in [-0.3, -0.25) is 4.79 Å². The number of benzene rings is 1. The molecule has 0 heterocycles. The Morgan fingerprint density at radius 3 is 2.33 bits per heavy atom. The van der Waals surface area contributed by atoms with Crippen LogP contribution in [0.5, 0.6) is 5.75 Å². The van der Waals surface area contributed by atoms with Gasteiger partial charge in [0.25, 0.3) is 5.91 Å². The molecule has 0 aliphatic rings. The zero-order valence-corrected chi connectivity index (χ0v) is 12.5. The van der Waals surface area contributed by atoms with E-state index < -0.39 is 12.1 Å². The molecule has 1 aromatic rings. The number of nitrogens with zero attached hydrogens (tertiary/aromatic N) is 1. The Bertz CT molecular complexity index is 469. The van der Waals surface area contributed by atoms with Gasteiger partial charge in [-0.1, -0.05) is 12.1 Å². The summed E-state index contributed by atoms with van der Waals surface area (Å²) in [6, 6.07) is 6.96. The van der Waals surface area contributed by atoms with E-state index in [9.17, 15) is 9.59 Å². The number of ether oxygens (including phenoxy) is 2. The van der Waals surface area contributed by atoms with Crippen molar-refractivity contribution in [3.63, 3.8) is 0 Å². The Labute approximate surface area is 124 Å². The highest BCUT2D eigenvalue weighted by molar-refractivity contribution is 5.77. The number of carbonyl (C=O) groups excluding carboxylic acids is 1. The second-order valence-electron chi connectivity index (χ2n) is 4.71. The number of carboxylic acid groups (broad SMARTS) is 1. The summed E-state index contributed by atoms with van der Waals surface area (Å²) >= 11 is 0. The van der Waals surface area contributed by atoms with E-state index in [0.29, 0.717) is 18.8 Å². The van der Waals surface area contributed by atoms with Crippen LogP contribution in [0.3, 0.4) is 0 Å². The van der Waals surface area contributed by atoms with Crippen molar-refractivity contribution in [3.05, 3.63) is 29.8 Å². The van der Waals surface area contributed by atoms with Crippen molar-refractivity contribution < 1.29 is 24.2 Å². The van der Waals surface area contributed by atoms with Crippen molar-refractivity contribution in [2.75, 3.05) is 27.3 Å². The molecule has 0 spiro atoms. The van der Waals surface area contributed by atoms with Gasteiger partial charge in [-0.15, -0.1) is 0 Å². The van der Waals surface area contributed by atoms with Crippen LogP contribution in [0.2, 0.25) is 0 Å². The van der Waals surface area contributed by atoms with E-state index in [2.05, 4.69) is 0 Å². The summed E-state index contributed by atoms with van der Waals surface area (Å²) in [5.74, 6) is -0.535. The van der Waals surface area contributed by atoms with Crippen LogP contribution in [0, 0.1) is 0 Å². The van der Waals surface area contributed by atoms with Gasteiger partial charge in [0.2, 0.25) is 0 Å². The third-order valence-electron chi connectivity index (χ3n) is 2.85. The Morgan fingerprint density at radius 2 is 1.86 bits per heavy atom. The van der Waals surface area contributed by atoms with Gasteiger partial charge in [0, 0.05) is 27.1 Å². The highest BCUT2D eigenvalue weighted by Crippen LogP contribution is 2.14. The van der Waals surface area contributed by atoms with Gasteiger partial charge in [-0.2, -0.15) is 0 Å². The van der Waals surface area contributed by atoms with E-state index in [-0.39, 0.29) is 12.5 Å². The first kappa shape index (κ1) is 17.0. The van der Waals surface area contributed by atoms with E-state index in [1.807, 2.05) is 0 Å². The molecule has 6 nitrogen and oxygen atoms in total. The summed E-state index contributed by atoms with van der Waals surface area (Å²) in [5.41, 5.74) is 0.835. The highest BCUT2D eigenvalue weighted by Gasteiger charge is 2.17. The van der Waals surface area contributed by atoms with Gasteiger partial charge < -0.3 is 19.5 Å². The monoisotopic (exact) mass is 295 g/mol. The van der Waals surface area contributed by atoms with Gasteiger partial charge >= 0.3 is 5.97 Å². The summed E-state index contributed by atoms with van der Waals surface area (Å²) in [5, 5.41) is 9.03. The summed E-state index contributed by atoms with van der Waals surface area (Å²) in [6.07, 6.45) is -0.558. The lowest BCUT2D eigenvalue weighted by Crippen LogP contribution is -2.27. The summed E-state index contributed by atoms with van der Waals surface area (Å²) in [6.45, 7) is 2.09. The second-order valence-corrected chi connectivity index (χ2v) is 4.71. The van der Waals surface area contributed by atoms with E-state index in [1.165, 1.54) is 4.90 Å². The highest BCUT2D eigenvalue weighted by atomic mass is 16.5. The number of aliphatic carboxylic acids is 1. The molecule has 0 aliphatic heterocycles. The zero-order valence-electron chi connectivity index (χ0n) is 12.5. The van der Waals surface area contributed by atoms with Gasteiger partial charge in [0.05, 0.1) is 0 Å². The molecule has 1 unspecified atom stereocenters. The molecule has 116 valence electrons. The molecule has 1 aromatic carbocycles. The molecule has 6 heteroatoms. The molecular weight excluding hydrogens is 274 g/mol. The van der Waals surface area contributed by atoms with Crippen LogP contribution in [0.15, 0.2) is 24.3 Å². The van der Waals surface area contributed by atoms with E-state index >= 15 is 0 Å². The van der Waals surface area contributed by atoms with E-state index in [4.69, 9.17) is 14.6 Å². The van der Waals surface area contributed by atoms with Crippen LogP contribution in [0.25, 0.3) is 0 Å². The molecule has 0 radical (unpaired) electrons. The number of carbonyl (C=O) groups is 2. The molecule has 0 saturated heterocycles. The van der Waals surface area contributed by atoms with Crippen molar-refractivity contribution in [1.82, 2.24) is 4.90 Å². The standard InChI is InChI=1S/C15H21NO5/c1-4-20-13(15(18)19)9-11-5-7-12(8-6-11)21-10-14(17)16(2)3/h5-8,13H,4,9-10H2,1-3H3,(H,18,19). The summed E-state index contributed by atoms with van der Waals surface area (Å²) in [4.78, 5) is 23.9. The lowest BCUT2D eigenvalue weighted by Gasteiger charge is -2.13. The van der Waals surface area contributed by atoms with Crippen LogP contribution in [-0.4, -0.2) is 55.3 Å². The van der Waals surface area contributed by atoms with Crippen molar-refractivity contribution in [3.8, 4) is 5.75 Å². The van der Waals surface area contributed by atoms with Crippen LogP contribution < -0.4 is 4.74 Å². The maximum atomic E-state index is 11.4. The molecule has 0 aromatic heterocycles. The first-order valence-corrected chi connectivity index (χ1v) is 6.70. The van der Waals surface area contributed by atoms with Crippen LogP contribution in [0.4, 0.5) is 0 Å². The first-order valence-electron chi connectivity index (χ1n) is 6.70. The minimum atomic E-state index is -0.978. The van der Waals surface area contributed by atoms with Gasteiger partial charge in [0.1, 0.15) is 5.75 Å². The number of hydrogen-bond donors (Lipinski definition) is 1. The van der Waals surface area contributed by atoms with Gasteiger partial charge in [0.15, 0.2) is 12.7 Å². The van der Waals surface area contributed by atoms with Gasteiger partial charge in [-0.25, -0.2) is 4.79 Å². The summed E-state index contributed by atoms with van der Waals surface area (Å²) < 4.78 is 10.5. The average Bonchev–Trinajstić information content (AvgIpc) is 2.45. The fourth-order valence-electron chi connectivity index (χ4n) is 1.63. The lowest BCUT2D eigenvalue weighted by molar-refractivity contribution is -0.150. The van der Waals surface area contributed by atoms with Crippen molar-refractivity contribution >= 4 is 11.9 Å². The molecule has 1 amide bonds. The SMILES string of the molecule is CCOC(Cc1ccc(OCC(=O)N(C)C)cc1)C(=O)O. The fraction of sp³-hybridized carbons (Fsp3) is 0.467. The molecule has 0 aliphatic carbocycles. The smallest absolute Gasteiger partial charge is 0.333 e. The number of rotatable bonds is 8. The summed E-state index contributed by atoms with van der Waals surface area (Å²) in [7, 11) is 3.32. The molecule has 21 heavy (non-hydrogen) atoms. The predicted octanol–water partition coefficient (Wildman–Crippen LogP) is 1.19. The molecule has 1 atom stereocenters. The van der Waals surface area contributed by atoms with E-state index in [1.54, 1.807) is 45.3 Å². The largest absolute Gasteiger partial charge is 0.484 e. The number of hydrogen-bond acceptors (Lipinski definition) is 4. The van der Waals surface area contributed by atoms with Crippen LogP contribution >= 0.6 is 0 Å². The van der Waals surface area contributed by atoms with Crippen LogP contribution in [0.1, 0.15) is 12.5 Å². The fourth-order valence-corrected chi connectivity index (χ4v) is 1.63. The Morgan fingerprint density at radius 1 is 1.24 bits per heavy atom. The Balaban J connectivity index is 2.57. The van der Waals surface area contributed by atoms with Gasteiger partial charge in [-0.05, 0) is 24.6 Å². The molecular formula is C15H21NO5. The Kier molecular flexibility index (Phi) is 6.68.